The predicted molar refractivity (Wildman–Crippen MR) is 69.7 cm³/mol. The quantitative estimate of drug-likeness (QED) is 0.599. The number of aliphatic hydroxyl groups excluding tert-OH is 1. The second kappa shape index (κ2) is 7.71. The largest absolute Gasteiger partial charge is 0.465 e. The lowest BCUT2D eigenvalue weighted by atomic mass is 9.76. The molecule has 1 aliphatic carbocycles. The molecule has 4 atom stereocenters. The third kappa shape index (κ3) is 4.55. The number of rotatable bonds is 6. The number of esters is 1. The number of aliphatic hydroxyl groups is 1. The maximum absolute atomic E-state index is 11.6. The van der Waals surface area contributed by atoms with E-state index < -0.39 is 6.04 Å². The molecular weight excluding hydrogens is 232 g/mol. The molecule has 5 nitrogen and oxygen atoms in total. The number of hydrogen-bond acceptors (Lipinski definition) is 5. The minimum atomic E-state index is -0.542. The van der Waals surface area contributed by atoms with Gasteiger partial charge in [0.05, 0.1) is 6.61 Å². The van der Waals surface area contributed by atoms with Gasteiger partial charge >= 0.3 is 5.97 Å². The molecule has 0 heterocycles. The van der Waals surface area contributed by atoms with Crippen LogP contribution in [0.2, 0.25) is 0 Å². The fourth-order valence-electron chi connectivity index (χ4n) is 2.56. The Morgan fingerprint density at radius 2 is 2.22 bits per heavy atom. The van der Waals surface area contributed by atoms with Crippen molar-refractivity contribution in [3.8, 4) is 0 Å². The van der Waals surface area contributed by atoms with Gasteiger partial charge in [-0.05, 0) is 43.9 Å². The van der Waals surface area contributed by atoms with Crippen LogP contribution in [-0.4, -0.2) is 36.4 Å². The summed E-state index contributed by atoms with van der Waals surface area (Å²) in [6, 6.07) is -0.521. The first kappa shape index (κ1) is 15.4. The molecule has 5 N–H and O–H groups in total. The third-order valence-electron chi connectivity index (χ3n) is 3.73. The summed E-state index contributed by atoms with van der Waals surface area (Å²) in [7, 11) is 0. The van der Waals surface area contributed by atoms with Crippen molar-refractivity contribution in [2.45, 2.75) is 51.1 Å². The van der Waals surface area contributed by atoms with Crippen LogP contribution in [0.25, 0.3) is 0 Å². The molecule has 4 unspecified atom stereocenters. The average Bonchev–Trinajstić information content (AvgIpc) is 2.36. The molecule has 1 aliphatic rings. The van der Waals surface area contributed by atoms with Crippen molar-refractivity contribution < 1.29 is 14.6 Å². The zero-order valence-corrected chi connectivity index (χ0v) is 11.2. The fourth-order valence-corrected chi connectivity index (χ4v) is 2.56. The molecule has 0 aromatic rings. The van der Waals surface area contributed by atoms with E-state index in [1.54, 1.807) is 0 Å². The molecule has 0 saturated heterocycles. The molecule has 1 rings (SSSR count). The third-order valence-corrected chi connectivity index (χ3v) is 3.73. The highest BCUT2D eigenvalue weighted by Crippen LogP contribution is 2.30. The summed E-state index contributed by atoms with van der Waals surface area (Å²) in [6.07, 6.45) is 4.17. The first-order valence-corrected chi connectivity index (χ1v) is 6.87. The number of carbonyl (C=O) groups is 1. The van der Waals surface area contributed by atoms with Crippen LogP contribution >= 0.6 is 0 Å². The lowest BCUT2D eigenvalue weighted by Crippen LogP contribution is -2.41. The van der Waals surface area contributed by atoms with Crippen LogP contribution in [0.1, 0.15) is 39.0 Å². The minimum Gasteiger partial charge on any atom is -0.465 e. The number of hydrogen-bond donors (Lipinski definition) is 3. The van der Waals surface area contributed by atoms with E-state index in [1.165, 1.54) is 0 Å². The zero-order valence-electron chi connectivity index (χ0n) is 11.2. The van der Waals surface area contributed by atoms with Crippen molar-refractivity contribution >= 4 is 5.97 Å². The van der Waals surface area contributed by atoms with E-state index in [-0.39, 0.29) is 24.5 Å². The van der Waals surface area contributed by atoms with Gasteiger partial charge in [-0.25, -0.2) is 0 Å². The topological polar surface area (TPSA) is 98.6 Å². The molecule has 0 aliphatic heterocycles. The van der Waals surface area contributed by atoms with Gasteiger partial charge in [0.1, 0.15) is 6.04 Å². The van der Waals surface area contributed by atoms with E-state index in [0.29, 0.717) is 18.9 Å². The fraction of sp³-hybridized carbons (Fsp3) is 0.923. The van der Waals surface area contributed by atoms with E-state index in [9.17, 15) is 4.79 Å². The van der Waals surface area contributed by atoms with Gasteiger partial charge < -0.3 is 21.3 Å². The Morgan fingerprint density at radius 3 is 2.78 bits per heavy atom. The molecule has 18 heavy (non-hydrogen) atoms. The molecule has 0 aromatic carbocycles. The van der Waals surface area contributed by atoms with Crippen LogP contribution in [-0.2, 0) is 9.53 Å². The van der Waals surface area contributed by atoms with Crippen molar-refractivity contribution in [2.75, 3.05) is 13.2 Å². The summed E-state index contributed by atoms with van der Waals surface area (Å²) < 4.78 is 5.03. The van der Waals surface area contributed by atoms with Gasteiger partial charge in [0, 0.05) is 12.6 Å². The monoisotopic (exact) mass is 258 g/mol. The van der Waals surface area contributed by atoms with Crippen LogP contribution in [0, 0.1) is 11.8 Å². The summed E-state index contributed by atoms with van der Waals surface area (Å²) in [5.41, 5.74) is 11.8. The molecule has 106 valence electrons. The van der Waals surface area contributed by atoms with Gasteiger partial charge in [-0.2, -0.15) is 0 Å². The highest BCUT2D eigenvalue weighted by molar-refractivity contribution is 5.75. The van der Waals surface area contributed by atoms with Crippen LogP contribution in [0.15, 0.2) is 0 Å². The molecule has 0 aromatic heterocycles. The van der Waals surface area contributed by atoms with Crippen LogP contribution < -0.4 is 11.5 Å². The molecule has 5 heteroatoms. The molecule has 0 radical (unpaired) electrons. The van der Waals surface area contributed by atoms with Crippen molar-refractivity contribution in [2.24, 2.45) is 23.3 Å². The van der Waals surface area contributed by atoms with Crippen LogP contribution in [0.4, 0.5) is 0 Å². The standard InChI is InChI=1S/C13H26N2O3/c1-2-5-18-13(17)12(15)7-9-3-4-10(8-16)11(14)6-9/h9-12,16H,2-8,14-15H2,1H3. The first-order valence-electron chi connectivity index (χ1n) is 6.87. The van der Waals surface area contributed by atoms with E-state index in [2.05, 4.69) is 0 Å². The normalized spacial score (nSPS) is 29.9. The zero-order chi connectivity index (χ0) is 13.5. The summed E-state index contributed by atoms with van der Waals surface area (Å²) >= 11 is 0. The van der Waals surface area contributed by atoms with Crippen molar-refractivity contribution in [1.29, 1.82) is 0 Å². The highest BCUT2D eigenvalue weighted by atomic mass is 16.5. The number of ether oxygens (including phenoxy) is 1. The number of carbonyl (C=O) groups excluding carboxylic acids is 1. The maximum atomic E-state index is 11.6. The summed E-state index contributed by atoms with van der Waals surface area (Å²) in [6.45, 7) is 2.54. The van der Waals surface area contributed by atoms with Crippen molar-refractivity contribution in [1.82, 2.24) is 0 Å². The van der Waals surface area contributed by atoms with Crippen LogP contribution in [0.5, 0.6) is 0 Å². The summed E-state index contributed by atoms with van der Waals surface area (Å²) in [5, 5.41) is 9.14. The Balaban J connectivity index is 2.32. The number of nitrogens with two attached hydrogens (primary N) is 2. The predicted octanol–water partition coefficient (Wildman–Crippen LogP) is 0.393. The van der Waals surface area contributed by atoms with E-state index >= 15 is 0 Å². The Hall–Kier alpha value is -0.650. The molecule has 0 bridgehead atoms. The second-order valence-corrected chi connectivity index (χ2v) is 5.30. The van der Waals surface area contributed by atoms with E-state index in [1.807, 2.05) is 6.92 Å². The van der Waals surface area contributed by atoms with Gasteiger partial charge in [-0.1, -0.05) is 6.92 Å². The van der Waals surface area contributed by atoms with Gasteiger partial charge in [0.15, 0.2) is 0 Å². The Labute approximate surface area is 109 Å². The summed E-state index contributed by atoms with van der Waals surface area (Å²) in [4.78, 5) is 11.6. The molecule has 1 saturated carbocycles. The first-order chi connectivity index (χ1) is 8.58. The van der Waals surface area contributed by atoms with Gasteiger partial charge in [-0.15, -0.1) is 0 Å². The molecule has 1 fully saturated rings. The van der Waals surface area contributed by atoms with Crippen molar-refractivity contribution in [3.05, 3.63) is 0 Å². The van der Waals surface area contributed by atoms with Crippen LogP contribution in [0.3, 0.4) is 0 Å². The van der Waals surface area contributed by atoms with Crippen molar-refractivity contribution in [3.63, 3.8) is 0 Å². The highest BCUT2D eigenvalue weighted by Gasteiger charge is 2.30. The lowest BCUT2D eigenvalue weighted by molar-refractivity contribution is -0.145. The van der Waals surface area contributed by atoms with Gasteiger partial charge in [0.25, 0.3) is 0 Å². The Bertz CT molecular complexity index is 261. The summed E-state index contributed by atoms with van der Waals surface area (Å²) in [5.74, 6) is 0.256. The van der Waals surface area contributed by atoms with E-state index in [4.69, 9.17) is 21.3 Å². The molecular formula is C13H26N2O3. The molecule has 0 spiro atoms. The lowest BCUT2D eigenvalue weighted by Gasteiger charge is -2.33. The van der Waals surface area contributed by atoms with E-state index in [0.717, 1.165) is 25.7 Å². The Morgan fingerprint density at radius 1 is 1.50 bits per heavy atom. The van der Waals surface area contributed by atoms with Gasteiger partial charge in [0.2, 0.25) is 0 Å². The van der Waals surface area contributed by atoms with Gasteiger partial charge in [-0.3, -0.25) is 4.79 Å². The average molecular weight is 258 g/mol. The second-order valence-electron chi connectivity index (χ2n) is 5.30. The molecule has 0 amide bonds. The SMILES string of the molecule is CCCOC(=O)C(N)CC1CCC(CO)C(N)C1. The smallest absolute Gasteiger partial charge is 0.322 e. The minimum absolute atomic E-state index is 0.0209. The Kier molecular flexibility index (Phi) is 6.60. The maximum Gasteiger partial charge on any atom is 0.322 e.